The molecule has 0 atom stereocenters. The van der Waals surface area contributed by atoms with Crippen molar-refractivity contribution in [3.63, 3.8) is 0 Å². The number of nitrogens with one attached hydrogen (secondary N) is 1. The molecule has 1 rings (SSSR count). The molecule has 82 valence electrons. The van der Waals surface area contributed by atoms with E-state index in [1.807, 2.05) is 0 Å². The molecular formula is C13H25N. The lowest BCUT2D eigenvalue weighted by atomic mass is 10.0. The van der Waals surface area contributed by atoms with E-state index in [0.29, 0.717) is 0 Å². The Morgan fingerprint density at radius 1 is 1.07 bits per heavy atom. The molecule has 0 heterocycles. The van der Waals surface area contributed by atoms with E-state index in [-0.39, 0.29) is 5.54 Å². The fourth-order valence-corrected chi connectivity index (χ4v) is 1.91. The molecule has 0 radical (unpaired) electrons. The van der Waals surface area contributed by atoms with Gasteiger partial charge in [-0.2, -0.15) is 0 Å². The van der Waals surface area contributed by atoms with Gasteiger partial charge in [0, 0.05) is 12.1 Å². The first-order valence-corrected chi connectivity index (χ1v) is 5.91. The molecule has 0 fully saturated rings. The first-order chi connectivity index (χ1) is 6.49. The highest BCUT2D eigenvalue weighted by Crippen LogP contribution is 2.23. The standard InChI is InChI=1S/C13H25N/c1-11-8-6-5-7-9-12(11)10-14-13(2,3)4/h14H,5-10H2,1-4H3. The van der Waals surface area contributed by atoms with E-state index in [2.05, 4.69) is 33.0 Å². The van der Waals surface area contributed by atoms with E-state index in [1.54, 1.807) is 11.1 Å². The number of hydrogen-bond donors (Lipinski definition) is 1. The van der Waals surface area contributed by atoms with Gasteiger partial charge in [-0.15, -0.1) is 0 Å². The zero-order valence-corrected chi connectivity index (χ0v) is 10.2. The van der Waals surface area contributed by atoms with Crippen LogP contribution in [-0.2, 0) is 0 Å². The number of allylic oxidation sites excluding steroid dienone is 1. The Morgan fingerprint density at radius 2 is 1.71 bits per heavy atom. The zero-order chi connectivity index (χ0) is 10.6. The van der Waals surface area contributed by atoms with Crippen molar-refractivity contribution in [3.05, 3.63) is 11.1 Å². The summed E-state index contributed by atoms with van der Waals surface area (Å²) in [6, 6.07) is 0. The third kappa shape index (κ3) is 4.28. The van der Waals surface area contributed by atoms with Gasteiger partial charge >= 0.3 is 0 Å². The van der Waals surface area contributed by atoms with Crippen LogP contribution in [0.4, 0.5) is 0 Å². The summed E-state index contributed by atoms with van der Waals surface area (Å²) in [6.07, 6.45) is 6.83. The van der Waals surface area contributed by atoms with E-state index >= 15 is 0 Å². The van der Waals surface area contributed by atoms with Crippen molar-refractivity contribution < 1.29 is 0 Å². The maximum Gasteiger partial charge on any atom is 0.0172 e. The van der Waals surface area contributed by atoms with Crippen molar-refractivity contribution in [2.45, 2.75) is 65.3 Å². The quantitative estimate of drug-likeness (QED) is 0.663. The van der Waals surface area contributed by atoms with Crippen molar-refractivity contribution in [1.82, 2.24) is 5.32 Å². The molecule has 0 aromatic rings. The van der Waals surface area contributed by atoms with Crippen molar-refractivity contribution in [2.75, 3.05) is 6.54 Å². The monoisotopic (exact) mass is 195 g/mol. The molecule has 1 aliphatic carbocycles. The average Bonchev–Trinajstić information content (AvgIpc) is 2.25. The van der Waals surface area contributed by atoms with Crippen LogP contribution in [0, 0.1) is 0 Å². The minimum atomic E-state index is 0.250. The van der Waals surface area contributed by atoms with Gasteiger partial charge in [0.2, 0.25) is 0 Å². The second kappa shape index (κ2) is 4.97. The van der Waals surface area contributed by atoms with Crippen LogP contribution in [0.1, 0.15) is 59.8 Å². The van der Waals surface area contributed by atoms with Crippen molar-refractivity contribution >= 4 is 0 Å². The smallest absolute Gasteiger partial charge is 0.0172 e. The molecule has 0 unspecified atom stereocenters. The van der Waals surface area contributed by atoms with E-state index in [4.69, 9.17) is 0 Å². The topological polar surface area (TPSA) is 12.0 Å². The highest BCUT2D eigenvalue weighted by atomic mass is 14.9. The molecule has 1 aliphatic rings. The Bertz CT molecular complexity index is 208. The van der Waals surface area contributed by atoms with Crippen LogP contribution in [0.15, 0.2) is 11.1 Å². The van der Waals surface area contributed by atoms with E-state index in [1.165, 1.54) is 32.1 Å². The SMILES string of the molecule is CC1=C(CNC(C)(C)C)CCCCC1. The van der Waals surface area contributed by atoms with Crippen LogP contribution in [0.2, 0.25) is 0 Å². The van der Waals surface area contributed by atoms with Gasteiger partial charge in [-0.05, 0) is 53.4 Å². The third-order valence-electron chi connectivity index (χ3n) is 2.97. The third-order valence-corrected chi connectivity index (χ3v) is 2.97. The molecular weight excluding hydrogens is 170 g/mol. The van der Waals surface area contributed by atoms with Gasteiger partial charge in [-0.3, -0.25) is 0 Å². The Hall–Kier alpha value is -0.300. The van der Waals surface area contributed by atoms with Gasteiger partial charge < -0.3 is 5.32 Å². The summed E-state index contributed by atoms with van der Waals surface area (Å²) in [4.78, 5) is 0. The minimum absolute atomic E-state index is 0.250. The molecule has 1 heteroatoms. The summed E-state index contributed by atoms with van der Waals surface area (Å²) in [5.74, 6) is 0. The van der Waals surface area contributed by atoms with Crippen LogP contribution < -0.4 is 5.32 Å². The normalized spacial score (nSPS) is 19.7. The van der Waals surface area contributed by atoms with E-state index < -0.39 is 0 Å². The largest absolute Gasteiger partial charge is 0.308 e. The van der Waals surface area contributed by atoms with Crippen LogP contribution in [0.5, 0.6) is 0 Å². The minimum Gasteiger partial charge on any atom is -0.308 e. The second-order valence-corrected chi connectivity index (χ2v) is 5.55. The summed E-state index contributed by atoms with van der Waals surface area (Å²) in [5, 5.41) is 3.59. The van der Waals surface area contributed by atoms with E-state index in [9.17, 15) is 0 Å². The molecule has 0 spiro atoms. The van der Waals surface area contributed by atoms with Gasteiger partial charge in [0.05, 0.1) is 0 Å². The molecule has 0 amide bonds. The Balaban J connectivity index is 2.48. The molecule has 0 bridgehead atoms. The van der Waals surface area contributed by atoms with Crippen LogP contribution in [-0.4, -0.2) is 12.1 Å². The first kappa shape index (κ1) is 11.8. The number of rotatable bonds is 2. The average molecular weight is 195 g/mol. The fraction of sp³-hybridized carbons (Fsp3) is 0.846. The van der Waals surface area contributed by atoms with Crippen molar-refractivity contribution in [1.29, 1.82) is 0 Å². The maximum absolute atomic E-state index is 3.59. The molecule has 0 saturated heterocycles. The predicted molar refractivity (Wildman–Crippen MR) is 63.5 cm³/mol. The summed E-state index contributed by atoms with van der Waals surface area (Å²) < 4.78 is 0. The maximum atomic E-state index is 3.59. The Morgan fingerprint density at radius 3 is 2.36 bits per heavy atom. The Labute approximate surface area is 89.0 Å². The summed E-state index contributed by atoms with van der Waals surface area (Å²) >= 11 is 0. The van der Waals surface area contributed by atoms with E-state index in [0.717, 1.165) is 6.54 Å². The predicted octanol–water partition coefficient (Wildman–Crippen LogP) is 3.66. The molecule has 0 aliphatic heterocycles. The summed E-state index contributed by atoms with van der Waals surface area (Å²) in [7, 11) is 0. The lowest BCUT2D eigenvalue weighted by Gasteiger charge is -2.22. The van der Waals surface area contributed by atoms with Gasteiger partial charge in [0.1, 0.15) is 0 Å². The Kier molecular flexibility index (Phi) is 4.18. The summed E-state index contributed by atoms with van der Waals surface area (Å²) in [5.41, 5.74) is 3.55. The molecule has 0 saturated carbocycles. The van der Waals surface area contributed by atoms with Crippen molar-refractivity contribution in [3.8, 4) is 0 Å². The highest BCUT2D eigenvalue weighted by Gasteiger charge is 2.12. The van der Waals surface area contributed by atoms with Crippen LogP contribution in [0.3, 0.4) is 0 Å². The highest BCUT2D eigenvalue weighted by molar-refractivity contribution is 5.15. The molecule has 14 heavy (non-hydrogen) atoms. The molecule has 1 N–H and O–H groups in total. The van der Waals surface area contributed by atoms with Crippen LogP contribution in [0.25, 0.3) is 0 Å². The van der Waals surface area contributed by atoms with Crippen molar-refractivity contribution in [2.24, 2.45) is 0 Å². The fourth-order valence-electron chi connectivity index (χ4n) is 1.91. The second-order valence-electron chi connectivity index (χ2n) is 5.55. The lowest BCUT2D eigenvalue weighted by Crippen LogP contribution is -2.37. The van der Waals surface area contributed by atoms with Crippen LogP contribution >= 0.6 is 0 Å². The molecule has 0 aromatic carbocycles. The summed E-state index contributed by atoms with van der Waals surface area (Å²) in [6.45, 7) is 10.1. The first-order valence-electron chi connectivity index (χ1n) is 5.91. The lowest BCUT2D eigenvalue weighted by molar-refractivity contribution is 0.440. The molecule has 0 aromatic heterocycles. The van der Waals surface area contributed by atoms with Gasteiger partial charge in [-0.1, -0.05) is 17.6 Å². The van der Waals surface area contributed by atoms with Gasteiger partial charge in [0.15, 0.2) is 0 Å². The number of hydrogen-bond acceptors (Lipinski definition) is 1. The molecule has 1 nitrogen and oxygen atoms in total. The van der Waals surface area contributed by atoms with Gasteiger partial charge in [0.25, 0.3) is 0 Å². The zero-order valence-electron chi connectivity index (χ0n) is 10.2. The van der Waals surface area contributed by atoms with Gasteiger partial charge in [-0.25, -0.2) is 0 Å².